The number of hydrogen-bond acceptors (Lipinski definition) is 6. The summed E-state index contributed by atoms with van der Waals surface area (Å²) < 4.78 is 18.7. The molecule has 0 saturated heterocycles. The largest absolute Gasteiger partial charge is 0.482 e. The van der Waals surface area contributed by atoms with Gasteiger partial charge in [-0.15, -0.1) is 0 Å². The SMILES string of the molecule is Nc1n[nH]c2nccc(-c3ccc([N+](=O)[O-])c(OCc4ccc(F)cc4)c3)c12. The van der Waals surface area contributed by atoms with Crippen LogP contribution in [-0.4, -0.2) is 20.1 Å². The van der Waals surface area contributed by atoms with Crippen LogP contribution in [0.2, 0.25) is 0 Å². The number of nitrogens with zero attached hydrogens (tertiary/aromatic N) is 3. The van der Waals surface area contributed by atoms with Crippen LogP contribution in [0.5, 0.6) is 5.75 Å². The zero-order valence-electron chi connectivity index (χ0n) is 14.4. The van der Waals surface area contributed by atoms with Gasteiger partial charge in [0.05, 0.1) is 10.3 Å². The topological polar surface area (TPSA) is 120 Å². The Morgan fingerprint density at radius 3 is 2.71 bits per heavy atom. The molecule has 2 aromatic heterocycles. The minimum atomic E-state index is -0.516. The highest BCUT2D eigenvalue weighted by Gasteiger charge is 2.18. The van der Waals surface area contributed by atoms with Gasteiger partial charge in [0.1, 0.15) is 12.4 Å². The van der Waals surface area contributed by atoms with E-state index in [0.717, 1.165) is 5.56 Å². The monoisotopic (exact) mass is 379 g/mol. The first-order valence-corrected chi connectivity index (χ1v) is 8.27. The third kappa shape index (κ3) is 3.20. The number of rotatable bonds is 5. The number of nitrogens with one attached hydrogen (secondary N) is 1. The molecule has 0 atom stereocenters. The predicted molar refractivity (Wildman–Crippen MR) is 101 cm³/mol. The molecule has 0 radical (unpaired) electrons. The number of fused-ring (bicyclic) bond motifs is 1. The predicted octanol–water partition coefficient (Wildman–Crippen LogP) is 3.83. The number of ether oxygens (including phenoxy) is 1. The normalized spacial score (nSPS) is 10.9. The molecular formula is C19H14FN5O3. The van der Waals surface area contributed by atoms with E-state index in [-0.39, 0.29) is 29.7 Å². The molecule has 140 valence electrons. The van der Waals surface area contributed by atoms with Crippen LogP contribution in [0.3, 0.4) is 0 Å². The van der Waals surface area contributed by atoms with E-state index in [1.807, 2.05) is 0 Å². The van der Waals surface area contributed by atoms with E-state index in [1.165, 1.54) is 18.2 Å². The summed E-state index contributed by atoms with van der Waals surface area (Å²) in [5.41, 5.74) is 8.34. The Bertz CT molecular complexity index is 1170. The molecule has 0 unspecified atom stereocenters. The van der Waals surface area contributed by atoms with Gasteiger partial charge in [-0.3, -0.25) is 15.2 Å². The van der Waals surface area contributed by atoms with Crippen molar-refractivity contribution in [3.8, 4) is 16.9 Å². The molecule has 2 aromatic carbocycles. The van der Waals surface area contributed by atoms with Gasteiger partial charge < -0.3 is 10.5 Å². The van der Waals surface area contributed by atoms with Crippen molar-refractivity contribution < 1.29 is 14.1 Å². The van der Waals surface area contributed by atoms with Crippen molar-refractivity contribution in [2.24, 2.45) is 0 Å². The van der Waals surface area contributed by atoms with Crippen molar-refractivity contribution in [1.29, 1.82) is 0 Å². The van der Waals surface area contributed by atoms with Crippen LogP contribution < -0.4 is 10.5 Å². The second kappa shape index (κ2) is 6.95. The summed E-state index contributed by atoms with van der Waals surface area (Å²) in [7, 11) is 0. The van der Waals surface area contributed by atoms with Crippen LogP contribution in [0.4, 0.5) is 15.9 Å². The first-order chi connectivity index (χ1) is 13.5. The van der Waals surface area contributed by atoms with E-state index in [1.54, 1.807) is 36.5 Å². The molecule has 4 rings (SSSR count). The van der Waals surface area contributed by atoms with Crippen molar-refractivity contribution in [3.63, 3.8) is 0 Å². The summed E-state index contributed by atoms with van der Waals surface area (Å²) in [5.74, 6) is 0.0141. The lowest BCUT2D eigenvalue weighted by Crippen LogP contribution is -2.00. The number of nitro groups is 1. The van der Waals surface area contributed by atoms with E-state index in [0.29, 0.717) is 22.2 Å². The minimum absolute atomic E-state index is 0.0597. The molecule has 0 spiro atoms. The van der Waals surface area contributed by atoms with E-state index in [9.17, 15) is 14.5 Å². The molecule has 28 heavy (non-hydrogen) atoms. The second-order valence-corrected chi connectivity index (χ2v) is 6.05. The number of nitro benzene ring substituents is 1. The summed E-state index contributed by atoms with van der Waals surface area (Å²) in [4.78, 5) is 15.0. The molecule has 0 amide bonds. The number of hydrogen-bond donors (Lipinski definition) is 2. The maximum Gasteiger partial charge on any atom is 0.310 e. The molecule has 0 bridgehead atoms. The zero-order valence-corrected chi connectivity index (χ0v) is 14.4. The molecule has 4 aromatic rings. The summed E-state index contributed by atoms with van der Waals surface area (Å²) >= 11 is 0. The van der Waals surface area contributed by atoms with Crippen molar-refractivity contribution in [1.82, 2.24) is 15.2 Å². The van der Waals surface area contributed by atoms with Gasteiger partial charge in [0, 0.05) is 12.3 Å². The first kappa shape index (κ1) is 17.4. The Morgan fingerprint density at radius 2 is 1.96 bits per heavy atom. The van der Waals surface area contributed by atoms with Crippen LogP contribution in [-0.2, 0) is 6.61 Å². The fourth-order valence-corrected chi connectivity index (χ4v) is 2.91. The second-order valence-electron chi connectivity index (χ2n) is 6.05. The molecule has 3 N–H and O–H groups in total. The highest BCUT2D eigenvalue weighted by atomic mass is 19.1. The van der Waals surface area contributed by atoms with E-state index in [2.05, 4.69) is 15.2 Å². The smallest absolute Gasteiger partial charge is 0.310 e. The van der Waals surface area contributed by atoms with Crippen LogP contribution >= 0.6 is 0 Å². The summed E-state index contributed by atoms with van der Waals surface area (Å²) in [6.07, 6.45) is 1.59. The average molecular weight is 379 g/mol. The number of aromatic nitrogens is 3. The van der Waals surface area contributed by atoms with Gasteiger partial charge in [0.25, 0.3) is 0 Å². The summed E-state index contributed by atoms with van der Waals surface area (Å²) in [6, 6.07) is 12.0. The standard InChI is InChI=1S/C19H14FN5O3/c20-13-4-1-11(2-5-13)10-28-16-9-12(3-6-15(16)25(26)27)14-7-8-22-19-17(14)18(21)23-24-19/h1-9H,10H2,(H3,21,22,23,24). The highest BCUT2D eigenvalue weighted by Crippen LogP contribution is 2.36. The fraction of sp³-hybridized carbons (Fsp3) is 0.0526. The average Bonchev–Trinajstić information content (AvgIpc) is 3.08. The van der Waals surface area contributed by atoms with Crippen LogP contribution in [0, 0.1) is 15.9 Å². The van der Waals surface area contributed by atoms with Gasteiger partial charge in [-0.05, 0) is 47.0 Å². The Morgan fingerprint density at radius 1 is 1.18 bits per heavy atom. The lowest BCUT2D eigenvalue weighted by molar-refractivity contribution is -0.385. The maximum atomic E-state index is 13.0. The van der Waals surface area contributed by atoms with Crippen LogP contribution in [0.15, 0.2) is 54.7 Å². The Hall–Kier alpha value is -4.01. The van der Waals surface area contributed by atoms with Crippen molar-refractivity contribution in [2.75, 3.05) is 5.73 Å². The summed E-state index contributed by atoms with van der Waals surface area (Å²) in [6.45, 7) is 0.0597. The minimum Gasteiger partial charge on any atom is -0.482 e. The molecule has 8 nitrogen and oxygen atoms in total. The lowest BCUT2D eigenvalue weighted by atomic mass is 10.0. The van der Waals surface area contributed by atoms with E-state index in [4.69, 9.17) is 10.5 Å². The number of pyridine rings is 1. The van der Waals surface area contributed by atoms with Crippen LogP contribution in [0.1, 0.15) is 5.56 Å². The number of benzene rings is 2. The molecule has 9 heteroatoms. The van der Waals surface area contributed by atoms with Gasteiger partial charge >= 0.3 is 5.69 Å². The quantitative estimate of drug-likeness (QED) is 0.402. The molecule has 0 aliphatic carbocycles. The van der Waals surface area contributed by atoms with Gasteiger partial charge in [0.2, 0.25) is 0 Å². The number of nitrogens with two attached hydrogens (primary N) is 1. The lowest BCUT2D eigenvalue weighted by Gasteiger charge is -2.10. The molecule has 0 aliphatic heterocycles. The Labute approximate surface area is 157 Å². The van der Waals surface area contributed by atoms with Crippen LogP contribution in [0.25, 0.3) is 22.2 Å². The first-order valence-electron chi connectivity index (χ1n) is 8.27. The number of nitrogen functional groups attached to an aromatic ring is 1. The van der Waals surface area contributed by atoms with Gasteiger partial charge in [-0.25, -0.2) is 9.37 Å². The van der Waals surface area contributed by atoms with E-state index >= 15 is 0 Å². The fourth-order valence-electron chi connectivity index (χ4n) is 2.91. The zero-order chi connectivity index (χ0) is 19.7. The number of halogens is 1. The van der Waals surface area contributed by atoms with Gasteiger partial charge in [-0.1, -0.05) is 12.1 Å². The maximum absolute atomic E-state index is 13.0. The Kier molecular flexibility index (Phi) is 4.32. The molecule has 0 saturated carbocycles. The highest BCUT2D eigenvalue weighted by molar-refractivity contribution is 5.99. The number of aromatic amines is 1. The third-order valence-electron chi connectivity index (χ3n) is 4.26. The molecule has 0 fully saturated rings. The number of H-pyrrole nitrogens is 1. The van der Waals surface area contributed by atoms with Gasteiger partial charge in [0.15, 0.2) is 17.2 Å². The summed E-state index contributed by atoms with van der Waals surface area (Å²) in [5, 5.41) is 18.7. The molecule has 2 heterocycles. The third-order valence-corrected chi connectivity index (χ3v) is 4.26. The number of anilines is 1. The van der Waals surface area contributed by atoms with Crippen molar-refractivity contribution >= 4 is 22.5 Å². The molecular weight excluding hydrogens is 365 g/mol. The van der Waals surface area contributed by atoms with E-state index < -0.39 is 4.92 Å². The van der Waals surface area contributed by atoms with Crippen molar-refractivity contribution in [3.05, 3.63) is 76.2 Å². The van der Waals surface area contributed by atoms with Gasteiger partial charge in [-0.2, -0.15) is 5.10 Å². The van der Waals surface area contributed by atoms with Crippen molar-refractivity contribution in [2.45, 2.75) is 6.61 Å². The molecule has 0 aliphatic rings. The Balaban J connectivity index is 1.73.